The zero-order valence-electron chi connectivity index (χ0n) is 12.0. The van der Waals surface area contributed by atoms with Gasteiger partial charge in [-0.1, -0.05) is 12.1 Å². The fourth-order valence-electron chi connectivity index (χ4n) is 2.67. The van der Waals surface area contributed by atoms with Crippen LogP contribution in [0.4, 0.5) is 0 Å². The first-order chi connectivity index (χ1) is 9.49. The van der Waals surface area contributed by atoms with Crippen LogP contribution < -0.4 is 9.46 Å². The summed E-state index contributed by atoms with van der Waals surface area (Å²) in [6.07, 6.45) is 3.46. The Balaban J connectivity index is 1.95. The number of likely N-dealkylation sites (tertiary alicyclic amines) is 1. The van der Waals surface area contributed by atoms with Crippen molar-refractivity contribution in [3.05, 3.63) is 29.8 Å². The van der Waals surface area contributed by atoms with Crippen LogP contribution in [0.25, 0.3) is 0 Å². The van der Waals surface area contributed by atoms with Crippen LogP contribution in [0.15, 0.2) is 24.3 Å². The first kappa shape index (κ1) is 15.3. The largest absolute Gasteiger partial charge is 0.497 e. The van der Waals surface area contributed by atoms with Crippen molar-refractivity contribution in [1.82, 2.24) is 9.62 Å². The van der Waals surface area contributed by atoms with Gasteiger partial charge in [0.1, 0.15) is 5.75 Å². The van der Waals surface area contributed by atoms with Crippen molar-refractivity contribution in [1.29, 1.82) is 0 Å². The molecule has 1 aromatic rings. The van der Waals surface area contributed by atoms with Crippen molar-refractivity contribution in [3.8, 4) is 5.75 Å². The van der Waals surface area contributed by atoms with E-state index in [2.05, 4.69) is 21.8 Å². The zero-order chi connectivity index (χ0) is 14.6. The van der Waals surface area contributed by atoms with Crippen molar-refractivity contribution in [2.24, 2.45) is 0 Å². The van der Waals surface area contributed by atoms with E-state index >= 15 is 0 Å². The molecule has 6 heteroatoms. The molecule has 0 aliphatic carbocycles. The lowest BCUT2D eigenvalue weighted by molar-refractivity contribution is 0.261. The van der Waals surface area contributed by atoms with E-state index in [1.807, 2.05) is 12.1 Å². The van der Waals surface area contributed by atoms with Crippen LogP contribution in [-0.2, 0) is 10.0 Å². The minimum absolute atomic E-state index is 0.377. The van der Waals surface area contributed by atoms with Crippen LogP contribution in [0.1, 0.15) is 24.4 Å². The predicted molar refractivity (Wildman–Crippen MR) is 79.4 cm³/mol. The predicted octanol–water partition coefficient (Wildman–Crippen LogP) is 1.38. The monoisotopic (exact) mass is 298 g/mol. The van der Waals surface area contributed by atoms with Crippen molar-refractivity contribution in [2.75, 3.05) is 33.0 Å². The molecule has 20 heavy (non-hydrogen) atoms. The number of rotatable bonds is 6. The second kappa shape index (κ2) is 6.56. The Morgan fingerprint density at radius 2 is 2.05 bits per heavy atom. The fourth-order valence-corrected chi connectivity index (χ4v) is 3.13. The van der Waals surface area contributed by atoms with Crippen molar-refractivity contribution in [2.45, 2.75) is 18.9 Å². The third-order valence-corrected chi connectivity index (χ3v) is 4.36. The number of nitrogens with one attached hydrogen (secondary N) is 1. The number of ether oxygens (including phenoxy) is 1. The summed E-state index contributed by atoms with van der Waals surface area (Å²) in [7, 11) is -1.44. The van der Waals surface area contributed by atoms with E-state index in [-0.39, 0.29) is 0 Å². The lowest BCUT2D eigenvalue weighted by atomic mass is 10.0. The van der Waals surface area contributed by atoms with Crippen LogP contribution >= 0.6 is 0 Å². The zero-order valence-corrected chi connectivity index (χ0v) is 12.8. The molecule has 0 aromatic heterocycles. The molecule has 1 atom stereocenters. The van der Waals surface area contributed by atoms with Gasteiger partial charge >= 0.3 is 0 Å². The minimum atomic E-state index is -3.10. The highest BCUT2D eigenvalue weighted by Crippen LogP contribution is 2.32. The normalized spacial score (nSPS) is 20.2. The number of hydrogen-bond acceptors (Lipinski definition) is 4. The Labute approximate surface area is 121 Å². The first-order valence-electron chi connectivity index (χ1n) is 6.82. The molecule has 1 unspecified atom stereocenters. The van der Waals surface area contributed by atoms with Gasteiger partial charge in [0.05, 0.1) is 13.4 Å². The topological polar surface area (TPSA) is 58.6 Å². The molecular weight excluding hydrogens is 276 g/mol. The Hall–Kier alpha value is -1.11. The lowest BCUT2D eigenvalue weighted by Crippen LogP contribution is -2.34. The van der Waals surface area contributed by atoms with E-state index in [0.717, 1.165) is 31.7 Å². The molecule has 1 fully saturated rings. The SMILES string of the molecule is COc1ccc(C2CCCN2CCNS(C)(=O)=O)cc1. The number of benzene rings is 1. The molecule has 1 aliphatic rings. The maximum atomic E-state index is 11.1. The summed E-state index contributed by atoms with van der Waals surface area (Å²) >= 11 is 0. The maximum Gasteiger partial charge on any atom is 0.208 e. The summed E-state index contributed by atoms with van der Waals surface area (Å²) < 4.78 is 29.9. The molecule has 2 rings (SSSR count). The van der Waals surface area contributed by atoms with Gasteiger partial charge in [0.2, 0.25) is 10.0 Å². The van der Waals surface area contributed by atoms with E-state index in [1.165, 1.54) is 11.8 Å². The number of nitrogens with zero attached hydrogens (tertiary/aromatic N) is 1. The van der Waals surface area contributed by atoms with Crippen LogP contribution in [0.5, 0.6) is 5.75 Å². The minimum Gasteiger partial charge on any atom is -0.497 e. The van der Waals surface area contributed by atoms with E-state index in [1.54, 1.807) is 7.11 Å². The smallest absolute Gasteiger partial charge is 0.208 e. The molecule has 1 aliphatic heterocycles. The van der Waals surface area contributed by atoms with E-state index < -0.39 is 10.0 Å². The molecule has 112 valence electrons. The molecule has 0 spiro atoms. The van der Waals surface area contributed by atoms with E-state index in [9.17, 15) is 8.42 Å². The second-order valence-corrected chi connectivity index (χ2v) is 6.97. The number of sulfonamides is 1. The molecule has 1 N–H and O–H groups in total. The molecule has 5 nitrogen and oxygen atoms in total. The number of methoxy groups -OCH3 is 1. The third kappa shape index (κ3) is 4.19. The van der Waals surface area contributed by atoms with Gasteiger partial charge in [0, 0.05) is 19.1 Å². The van der Waals surface area contributed by atoms with Crippen LogP contribution in [0, 0.1) is 0 Å². The Bertz CT molecular complexity index is 528. The molecule has 0 radical (unpaired) electrons. The highest BCUT2D eigenvalue weighted by molar-refractivity contribution is 7.88. The summed E-state index contributed by atoms with van der Waals surface area (Å²) in [6, 6.07) is 8.50. The quantitative estimate of drug-likeness (QED) is 0.862. The Kier molecular flexibility index (Phi) is 5.01. The van der Waals surface area contributed by atoms with Crippen LogP contribution in [-0.4, -0.2) is 46.3 Å². The fraction of sp³-hybridized carbons (Fsp3) is 0.571. The van der Waals surface area contributed by atoms with Crippen LogP contribution in [0.2, 0.25) is 0 Å². The highest BCUT2D eigenvalue weighted by atomic mass is 32.2. The maximum absolute atomic E-state index is 11.1. The average molecular weight is 298 g/mol. The van der Waals surface area contributed by atoms with Gasteiger partial charge in [-0.25, -0.2) is 13.1 Å². The van der Waals surface area contributed by atoms with Crippen LogP contribution in [0.3, 0.4) is 0 Å². The summed E-state index contributed by atoms with van der Waals surface area (Å²) in [5.41, 5.74) is 1.27. The summed E-state index contributed by atoms with van der Waals surface area (Å²) in [5.74, 6) is 0.858. The highest BCUT2D eigenvalue weighted by Gasteiger charge is 2.25. The number of hydrogen-bond donors (Lipinski definition) is 1. The average Bonchev–Trinajstić information content (AvgIpc) is 2.86. The third-order valence-electron chi connectivity index (χ3n) is 3.63. The molecule has 0 saturated carbocycles. The van der Waals surface area contributed by atoms with Gasteiger partial charge in [0.15, 0.2) is 0 Å². The van der Waals surface area contributed by atoms with E-state index in [4.69, 9.17) is 4.74 Å². The van der Waals surface area contributed by atoms with E-state index in [0.29, 0.717) is 12.6 Å². The summed E-state index contributed by atoms with van der Waals surface area (Å²) in [5, 5.41) is 0. The molecule has 0 amide bonds. The second-order valence-electron chi connectivity index (χ2n) is 5.13. The molecule has 1 aromatic carbocycles. The van der Waals surface area contributed by atoms with Gasteiger partial charge in [-0.2, -0.15) is 0 Å². The van der Waals surface area contributed by atoms with Gasteiger partial charge in [0.25, 0.3) is 0 Å². The van der Waals surface area contributed by atoms with Crippen molar-refractivity contribution in [3.63, 3.8) is 0 Å². The molecule has 0 bridgehead atoms. The standard InChI is InChI=1S/C14H22N2O3S/c1-19-13-7-5-12(6-8-13)14-4-3-10-16(14)11-9-15-20(2,17)18/h5-8,14-15H,3-4,9-11H2,1-2H3. The Morgan fingerprint density at radius 1 is 1.35 bits per heavy atom. The molecule has 1 saturated heterocycles. The first-order valence-corrected chi connectivity index (χ1v) is 8.71. The van der Waals surface area contributed by atoms with Gasteiger partial charge in [-0.15, -0.1) is 0 Å². The summed E-state index contributed by atoms with van der Waals surface area (Å²) in [6.45, 7) is 2.22. The summed E-state index contributed by atoms with van der Waals surface area (Å²) in [4.78, 5) is 2.33. The van der Waals surface area contributed by atoms with Gasteiger partial charge < -0.3 is 4.74 Å². The lowest BCUT2D eigenvalue weighted by Gasteiger charge is -2.24. The van der Waals surface area contributed by atoms with Gasteiger partial charge in [-0.05, 0) is 37.1 Å². The Morgan fingerprint density at radius 3 is 2.65 bits per heavy atom. The molecule has 1 heterocycles. The molecular formula is C14H22N2O3S. The van der Waals surface area contributed by atoms with Crippen molar-refractivity contribution >= 4 is 10.0 Å². The van der Waals surface area contributed by atoms with Gasteiger partial charge in [-0.3, -0.25) is 4.90 Å². The van der Waals surface area contributed by atoms with Crippen molar-refractivity contribution < 1.29 is 13.2 Å².